The van der Waals surface area contributed by atoms with Crippen LogP contribution in [0.1, 0.15) is 91.7 Å². The molecule has 0 N–H and O–H groups in total. The van der Waals surface area contributed by atoms with E-state index in [1.807, 2.05) is 45.0 Å². The molecule has 0 aliphatic carbocycles. The van der Waals surface area contributed by atoms with Gasteiger partial charge < -0.3 is 4.74 Å². The summed E-state index contributed by atoms with van der Waals surface area (Å²) in [4.78, 5) is 31.5. The highest BCUT2D eigenvalue weighted by Crippen LogP contribution is 2.37. The molecule has 4 nitrogen and oxygen atoms in total. The number of hydrogen-bond acceptors (Lipinski definition) is 4. The minimum atomic E-state index is -0.685. The third kappa shape index (κ3) is 9.48. The Balaban J connectivity index is 2.39. The first-order valence-corrected chi connectivity index (χ1v) is 13.0. The van der Waals surface area contributed by atoms with Crippen molar-refractivity contribution in [2.45, 2.75) is 86.0 Å². The Kier molecular flexibility index (Phi) is 11.4. The summed E-state index contributed by atoms with van der Waals surface area (Å²) in [6, 6.07) is 5.69. The van der Waals surface area contributed by atoms with Gasteiger partial charge in [0.15, 0.2) is 0 Å². The molecule has 4 heteroatoms. The van der Waals surface area contributed by atoms with Crippen molar-refractivity contribution in [1.82, 2.24) is 4.98 Å². The molecule has 0 saturated carbocycles. The van der Waals surface area contributed by atoms with Gasteiger partial charge in [-0.05, 0) is 76.5 Å². The lowest BCUT2D eigenvalue weighted by Gasteiger charge is -2.32. The molecule has 1 aromatic heterocycles. The fraction of sp³-hybridized carbons (Fsp3) is 0.581. The van der Waals surface area contributed by atoms with Crippen molar-refractivity contribution in [2.24, 2.45) is 23.2 Å². The second-order valence-electron chi connectivity index (χ2n) is 10.8. The van der Waals surface area contributed by atoms with Gasteiger partial charge in [-0.15, -0.1) is 12.3 Å². The van der Waals surface area contributed by atoms with Crippen LogP contribution in [0.25, 0.3) is 6.08 Å². The average Bonchev–Trinajstić information content (AvgIpc) is 2.82. The maximum Gasteiger partial charge on any atom is 0.313 e. The molecule has 0 aromatic carbocycles. The van der Waals surface area contributed by atoms with E-state index in [2.05, 4.69) is 30.8 Å². The zero-order chi connectivity index (χ0) is 25.8. The molecule has 1 aliphatic rings. The van der Waals surface area contributed by atoms with E-state index in [-0.39, 0.29) is 17.7 Å². The predicted octanol–water partition coefficient (Wildman–Crippen LogP) is 7.21. The SMILES string of the molecule is C#CCCC1CC(C)CCCC(C)=CCCOC(=O)C(C(C)=Cc2ccccn2)CC(C)(C)C1=O. The third-order valence-corrected chi connectivity index (χ3v) is 7.10. The van der Waals surface area contributed by atoms with Crippen molar-refractivity contribution in [3.63, 3.8) is 0 Å². The number of Topliss-reactive ketones (excluding diaryl/α,β-unsaturated/α-hetero) is 1. The van der Waals surface area contributed by atoms with E-state index in [0.717, 1.165) is 37.0 Å². The van der Waals surface area contributed by atoms with E-state index >= 15 is 0 Å². The molecule has 3 unspecified atom stereocenters. The topological polar surface area (TPSA) is 56.3 Å². The van der Waals surface area contributed by atoms with Gasteiger partial charge in [-0.25, -0.2) is 0 Å². The fourth-order valence-electron chi connectivity index (χ4n) is 5.00. The van der Waals surface area contributed by atoms with Crippen LogP contribution in [0.5, 0.6) is 0 Å². The summed E-state index contributed by atoms with van der Waals surface area (Å²) in [5.74, 6) is 2.47. The van der Waals surface area contributed by atoms with Crippen LogP contribution in [0.15, 0.2) is 41.6 Å². The summed E-state index contributed by atoms with van der Waals surface area (Å²) in [6.45, 7) is 10.6. The monoisotopic (exact) mass is 477 g/mol. The van der Waals surface area contributed by atoms with Crippen molar-refractivity contribution in [3.8, 4) is 12.3 Å². The molecule has 0 amide bonds. The maximum atomic E-state index is 13.8. The number of rotatable bonds is 4. The number of allylic oxidation sites excluding steroid dienone is 1. The molecule has 2 heterocycles. The standard InChI is InChI=1S/C31H43NO3/c1-7-8-16-26-20-24(3)14-11-13-23(2)15-12-19-35-30(34)28(22-31(5,6)29(26)33)25(4)21-27-17-9-10-18-32-27/h1,9-10,15,17-18,21,24,26,28H,8,11-14,16,19-20,22H2,2-6H3. The molecular formula is C31H43NO3. The van der Waals surface area contributed by atoms with Crippen LogP contribution in [0, 0.1) is 35.5 Å². The molecule has 2 rings (SSSR count). The Morgan fingerprint density at radius 3 is 2.77 bits per heavy atom. The van der Waals surface area contributed by atoms with E-state index in [1.54, 1.807) is 6.20 Å². The largest absolute Gasteiger partial charge is 0.465 e. The summed E-state index contributed by atoms with van der Waals surface area (Å²) in [5, 5.41) is 0. The molecule has 0 bridgehead atoms. The minimum Gasteiger partial charge on any atom is -0.465 e. The molecule has 1 aromatic rings. The number of hydrogen-bond donors (Lipinski definition) is 0. The number of nitrogens with zero attached hydrogens (tertiary/aromatic N) is 1. The Morgan fingerprint density at radius 1 is 1.31 bits per heavy atom. The van der Waals surface area contributed by atoms with Crippen LogP contribution in [-0.2, 0) is 14.3 Å². The lowest BCUT2D eigenvalue weighted by atomic mass is 9.70. The summed E-state index contributed by atoms with van der Waals surface area (Å²) >= 11 is 0. The molecule has 0 spiro atoms. The highest BCUT2D eigenvalue weighted by atomic mass is 16.5. The first-order chi connectivity index (χ1) is 16.6. The van der Waals surface area contributed by atoms with E-state index in [4.69, 9.17) is 11.2 Å². The van der Waals surface area contributed by atoms with Gasteiger partial charge in [0, 0.05) is 24.0 Å². The normalized spacial score (nSPS) is 25.3. The first-order valence-electron chi connectivity index (χ1n) is 13.0. The van der Waals surface area contributed by atoms with Crippen molar-refractivity contribution < 1.29 is 14.3 Å². The quantitative estimate of drug-likeness (QED) is 0.261. The zero-order valence-electron chi connectivity index (χ0n) is 22.3. The summed E-state index contributed by atoms with van der Waals surface area (Å²) < 4.78 is 5.72. The van der Waals surface area contributed by atoms with Crippen LogP contribution >= 0.6 is 0 Å². The number of cyclic esters (lactones) is 1. The number of terminal acetylenes is 1. The van der Waals surface area contributed by atoms with Crippen molar-refractivity contribution in [3.05, 3.63) is 47.3 Å². The van der Waals surface area contributed by atoms with Gasteiger partial charge in [-0.3, -0.25) is 14.6 Å². The van der Waals surface area contributed by atoms with Gasteiger partial charge in [0.05, 0.1) is 18.2 Å². The Hall–Kier alpha value is -2.67. The molecule has 35 heavy (non-hydrogen) atoms. The van der Waals surface area contributed by atoms with Crippen LogP contribution in [0.4, 0.5) is 0 Å². The molecule has 0 saturated heterocycles. The second kappa shape index (κ2) is 14.0. The van der Waals surface area contributed by atoms with Gasteiger partial charge in [-0.1, -0.05) is 50.5 Å². The van der Waals surface area contributed by atoms with Crippen molar-refractivity contribution in [2.75, 3.05) is 6.61 Å². The highest BCUT2D eigenvalue weighted by Gasteiger charge is 2.38. The summed E-state index contributed by atoms with van der Waals surface area (Å²) in [6.07, 6.45) is 17.8. The molecular weight excluding hydrogens is 434 g/mol. The Labute approximate surface area is 212 Å². The smallest absolute Gasteiger partial charge is 0.313 e. The molecule has 190 valence electrons. The third-order valence-electron chi connectivity index (χ3n) is 7.10. The van der Waals surface area contributed by atoms with Gasteiger partial charge in [0.25, 0.3) is 0 Å². The number of pyridine rings is 1. The summed E-state index contributed by atoms with van der Waals surface area (Å²) in [7, 11) is 0. The van der Waals surface area contributed by atoms with Gasteiger partial charge >= 0.3 is 5.97 Å². The predicted molar refractivity (Wildman–Crippen MR) is 143 cm³/mol. The van der Waals surface area contributed by atoms with Crippen LogP contribution in [-0.4, -0.2) is 23.3 Å². The van der Waals surface area contributed by atoms with Gasteiger partial charge in [0.2, 0.25) is 0 Å². The number of ketones is 1. The maximum absolute atomic E-state index is 13.8. The molecule has 1 aliphatic heterocycles. The molecule has 0 fully saturated rings. The zero-order valence-corrected chi connectivity index (χ0v) is 22.3. The number of carbonyl (C=O) groups excluding carboxylic acids is 2. The fourth-order valence-corrected chi connectivity index (χ4v) is 5.00. The first kappa shape index (κ1) is 28.6. The van der Waals surface area contributed by atoms with Crippen LogP contribution < -0.4 is 0 Å². The number of esters is 1. The van der Waals surface area contributed by atoms with Gasteiger partial charge in [0.1, 0.15) is 5.78 Å². The van der Waals surface area contributed by atoms with Crippen molar-refractivity contribution >= 4 is 17.8 Å². The van der Waals surface area contributed by atoms with Gasteiger partial charge in [-0.2, -0.15) is 0 Å². The lowest BCUT2D eigenvalue weighted by Crippen LogP contribution is -2.36. The second-order valence-corrected chi connectivity index (χ2v) is 10.8. The van der Waals surface area contributed by atoms with E-state index in [9.17, 15) is 9.59 Å². The Morgan fingerprint density at radius 2 is 2.09 bits per heavy atom. The van der Waals surface area contributed by atoms with E-state index in [0.29, 0.717) is 38.2 Å². The number of carbonyl (C=O) groups is 2. The van der Waals surface area contributed by atoms with Crippen LogP contribution in [0.2, 0.25) is 0 Å². The molecule has 3 atom stereocenters. The Bertz CT molecular complexity index is 936. The van der Waals surface area contributed by atoms with E-state index in [1.165, 1.54) is 5.57 Å². The van der Waals surface area contributed by atoms with Crippen molar-refractivity contribution in [1.29, 1.82) is 0 Å². The van der Waals surface area contributed by atoms with E-state index < -0.39 is 11.3 Å². The highest BCUT2D eigenvalue weighted by molar-refractivity contribution is 5.87. The molecule has 0 radical (unpaired) electrons. The average molecular weight is 478 g/mol. The number of aromatic nitrogens is 1. The summed E-state index contributed by atoms with van der Waals surface area (Å²) in [5.41, 5.74) is 2.28. The minimum absolute atomic E-state index is 0.0997. The van der Waals surface area contributed by atoms with Crippen LogP contribution in [0.3, 0.4) is 0 Å². The number of ether oxygens (including phenoxy) is 1. The lowest BCUT2D eigenvalue weighted by molar-refractivity contribution is -0.148.